The second-order valence-corrected chi connectivity index (χ2v) is 5.69. The molecule has 1 aromatic carbocycles. The van der Waals surface area contributed by atoms with E-state index in [4.69, 9.17) is 9.47 Å². The van der Waals surface area contributed by atoms with Gasteiger partial charge in [0, 0.05) is 12.1 Å². The Morgan fingerprint density at radius 3 is 2.79 bits per heavy atom. The molecule has 8 heteroatoms. The quantitative estimate of drug-likeness (QED) is 0.836. The molecule has 1 saturated heterocycles. The van der Waals surface area contributed by atoms with Crippen LogP contribution in [0.3, 0.4) is 0 Å². The zero-order valence-corrected chi connectivity index (χ0v) is 13.0. The lowest BCUT2D eigenvalue weighted by atomic mass is 10.0. The Morgan fingerprint density at radius 2 is 2.00 bits per heavy atom. The van der Waals surface area contributed by atoms with Crippen molar-refractivity contribution < 1.29 is 29.0 Å². The predicted molar refractivity (Wildman–Crippen MR) is 81.9 cm³/mol. The van der Waals surface area contributed by atoms with Crippen LogP contribution in [0.2, 0.25) is 0 Å². The molecule has 2 heterocycles. The molecule has 8 nitrogen and oxygen atoms in total. The maximum atomic E-state index is 12.2. The first-order valence-corrected chi connectivity index (χ1v) is 7.76. The highest BCUT2D eigenvalue weighted by atomic mass is 16.7. The van der Waals surface area contributed by atoms with Crippen LogP contribution >= 0.6 is 0 Å². The largest absolute Gasteiger partial charge is 0.480 e. The molecule has 2 N–H and O–H groups in total. The zero-order valence-electron chi connectivity index (χ0n) is 13.0. The first-order chi connectivity index (χ1) is 11.6. The number of amides is 2. The van der Waals surface area contributed by atoms with Crippen LogP contribution in [0, 0.1) is 0 Å². The zero-order chi connectivity index (χ0) is 17.1. The summed E-state index contributed by atoms with van der Waals surface area (Å²) in [5, 5.41) is 11.7. The molecule has 3 rings (SSSR count). The fourth-order valence-corrected chi connectivity index (χ4v) is 2.88. The van der Waals surface area contributed by atoms with Crippen molar-refractivity contribution >= 4 is 17.8 Å². The molecular formula is C16H18N2O6. The van der Waals surface area contributed by atoms with Crippen LogP contribution in [0.1, 0.15) is 29.6 Å². The molecule has 0 aliphatic carbocycles. The highest BCUT2D eigenvalue weighted by Gasteiger charge is 2.31. The van der Waals surface area contributed by atoms with Gasteiger partial charge in [0.15, 0.2) is 11.5 Å². The van der Waals surface area contributed by atoms with Crippen LogP contribution in [-0.4, -0.2) is 53.7 Å². The molecule has 1 atom stereocenters. The number of aliphatic carboxylic acids is 1. The third-order valence-corrected chi connectivity index (χ3v) is 4.14. The summed E-state index contributed by atoms with van der Waals surface area (Å²) in [6, 6.07) is 3.94. The standard InChI is InChI=1S/C16H18N2O6/c19-14(18-6-2-1-3-11(18)16(21)22)8-17-15(20)10-4-5-12-13(7-10)24-9-23-12/h4-5,7,11H,1-3,6,8-9H2,(H,17,20)(H,21,22). The van der Waals surface area contributed by atoms with E-state index in [0.717, 1.165) is 12.8 Å². The number of hydrogen-bond donors (Lipinski definition) is 2. The lowest BCUT2D eigenvalue weighted by molar-refractivity contribution is -0.151. The monoisotopic (exact) mass is 334 g/mol. The smallest absolute Gasteiger partial charge is 0.326 e. The Morgan fingerprint density at radius 1 is 1.21 bits per heavy atom. The Bertz CT molecular complexity index is 675. The summed E-state index contributed by atoms with van der Waals surface area (Å²) in [6.07, 6.45) is 1.99. The van der Waals surface area contributed by atoms with E-state index >= 15 is 0 Å². The highest BCUT2D eigenvalue weighted by molar-refractivity contribution is 5.97. The van der Waals surface area contributed by atoms with Gasteiger partial charge < -0.3 is 24.8 Å². The maximum Gasteiger partial charge on any atom is 0.326 e. The van der Waals surface area contributed by atoms with Crippen molar-refractivity contribution in [3.8, 4) is 11.5 Å². The third kappa shape index (κ3) is 3.27. The molecule has 128 valence electrons. The SMILES string of the molecule is O=C(NCC(=O)N1CCCCC1C(=O)O)c1ccc2c(c1)OCO2. The van der Waals surface area contributed by atoms with Gasteiger partial charge in [0.2, 0.25) is 12.7 Å². The minimum absolute atomic E-state index is 0.116. The number of hydrogen-bond acceptors (Lipinski definition) is 5. The lowest BCUT2D eigenvalue weighted by Gasteiger charge is -2.33. The molecule has 0 saturated carbocycles. The molecule has 2 amide bonds. The number of likely N-dealkylation sites (tertiary alicyclic amines) is 1. The second kappa shape index (κ2) is 6.77. The van der Waals surface area contributed by atoms with Crippen molar-refractivity contribution in [1.29, 1.82) is 0 Å². The van der Waals surface area contributed by atoms with Gasteiger partial charge in [-0.05, 0) is 37.5 Å². The summed E-state index contributed by atoms with van der Waals surface area (Å²) >= 11 is 0. The summed E-state index contributed by atoms with van der Waals surface area (Å²) in [7, 11) is 0. The van der Waals surface area contributed by atoms with Crippen LogP contribution < -0.4 is 14.8 Å². The normalized spacial score (nSPS) is 19.0. The number of carbonyl (C=O) groups is 3. The second-order valence-electron chi connectivity index (χ2n) is 5.69. The minimum atomic E-state index is -1.01. The van der Waals surface area contributed by atoms with Gasteiger partial charge in [0.05, 0.1) is 6.54 Å². The van der Waals surface area contributed by atoms with Crippen LogP contribution in [0.5, 0.6) is 11.5 Å². The van der Waals surface area contributed by atoms with E-state index < -0.39 is 23.8 Å². The van der Waals surface area contributed by atoms with Crippen LogP contribution in [0.4, 0.5) is 0 Å². The van der Waals surface area contributed by atoms with Gasteiger partial charge in [0.1, 0.15) is 6.04 Å². The van der Waals surface area contributed by atoms with Crippen molar-refractivity contribution in [3.05, 3.63) is 23.8 Å². The molecule has 0 spiro atoms. The number of piperidine rings is 1. The van der Waals surface area contributed by atoms with Crippen molar-refractivity contribution in [3.63, 3.8) is 0 Å². The van der Waals surface area contributed by atoms with Gasteiger partial charge in [-0.15, -0.1) is 0 Å². The summed E-state index contributed by atoms with van der Waals surface area (Å²) in [5.74, 6) is -0.775. The molecule has 1 unspecified atom stereocenters. The molecule has 2 aliphatic rings. The van der Waals surface area contributed by atoms with Crippen molar-refractivity contribution in [2.45, 2.75) is 25.3 Å². The van der Waals surface area contributed by atoms with E-state index in [0.29, 0.717) is 30.0 Å². The number of carboxylic acids is 1. The van der Waals surface area contributed by atoms with Crippen LogP contribution in [0.25, 0.3) is 0 Å². The number of carboxylic acid groups (broad SMARTS) is 1. The molecule has 24 heavy (non-hydrogen) atoms. The van der Waals surface area contributed by atoms with E-state index in [1.807, 2.05) is 0 Å². The van der Waals surface area contributed by atoms with E-state index in [2.05, 4.69) is 5.32 Å². The summed E-state index contributed by atoms with van der Waals surface area (Å²) in [4.78, 5) is 36.9. The molecule has 0 bridgehead atoms. The third-order valence-electron chi connectivity index (χ3n) is 4.14. The lowest BCUT2D eigenvalue weighted by Crippen LogP contribution is -2.51. The first-order valence-electron chi connectivity index (χ1n) is 7.76. The number of nitrogens with one attached hydrogen (secondary N) is 1. The van der Waals surface area contributed by atoms with Crippen LogP contribution in [0.15, 0.2) is 18.2 Å². The van der Waals surface area contributed by atoms with Crippen molar-refractivity contribution in [2.24, 2.45) is 0 Å². The fourth-order valence-electron chi connectivity index (χ4n) is 2.88. The van der Waals surface area contributed by atoms with E-state index in [1.165, 1.54) is 4.90 Å². The maximum absolute atomic E-state index is 12.2. The number of fused-ring (bicyclic) bond motifs is 1. The average Bonchev–Trinajstić information content (AvgIpc) is 3.06. The van der Waals surface area contributed by atoms with E-state index in [-0.39, 0.29) is 13.3 Å². The summed E-state index contributed by atoms with van der Waals surface area (Å²) in [5.41, 5.74) is 0.348. The number of benzene rings is 1. The van der Waals surface area contributed by atoms with Gasteiger partial charge in [-0.25, -0.2) is 4.79 Å². The Kier molecular flexibility index (Phi) is 4.54. The predicted octanol–water partition coefficient (Wildman–Crippen LogP) is 0.611. The molecule has 0 aromatic heterocycles. The number of ether oxygens (including phenoxy) is 2. The topological polar surface area (TPSA) is 105 Å². The molecular weight excluding hydrogens is 316 g/mol. The van der Waals surface area contributed by atoms with Crippen molar-refractivity contribution in [1.82, 2.24) is 10.2 Å². The van der Waals surface area contributed by atoms with Crippen LogP contribution in [-0.2, 0) is 9.59 Å². The van der Waals surface area contributed by atoms with Gasteiger partial charge in [-0.1, -0.05) is 0 Å². The number of rotatable bonds is 4. The number of carbonyl (C=O) groups excluding carboxylic acids is 2. The average molecular weight is 334 g/mol. The van der Waals surface area contributed by atoms with Gasteiger partial charge in [-0.2, -0.15) is 0 Å². The molecule has 2 aliphatic heterocycles. The molecule has 1 aromatic rings. The summed E-state index contributed by atoms with van der Waals surface area (Å²) < 4.78 is 10.4. The molecule has 0 radical (unpaired) electrons. The van der Waals surface area contributed by atoms with Gasteiger partial charge in [0.25, 0.3) is 5.91 Å². The van der Waals surface area contributed by atoms with Crippen molar-refractivity contribution in [2.75, 3.05) is 19.9 Å². The Labute approximate surface area is 138 Å². The van der Waals surface area contributed by atoms with Gasteiger partial charge >= 0.3 is 5.97 Å². The Hall–Kier alpha value is -2.77. The summed E-state index contributed by atoms with van der Waals surface area (Å²) in [6.45, 7) is 0.275. The minimum Gasteiger partial charge on any atom is -0.480 e. The fraction of sp³-hybridized carbons (Fsp3) is 0.438. The number of nitrogens with zero attached hydrogens (tertiary/aromatic N) is 1. The van der Waals surface area contributed by atoms with E-state index in [9.17, 15) is 19.5 Å². The van der Waals surface area contributed by atoms with E-state index in [1.54, 1.807) is 18.2 Å². The van der Waals surface area contributed by atoms with Gasteiger partial charge in [-0.3, -0.25) is 9.59 Å². The highest BCUT2D eigenvalue weighted by Crippen LogP contribution is 2.32. The first kappa shape index (κ1) is 16.1. The molecule has 1 fully saturated rings. The Balaban J connectivity index is 1.59.